The third kappa shape index (κ3) is 2.89. The Morgan fingerprint density at radius 3 is 2.89 bits per heavy atom. The molecule has 4 heteroatoms. The summed E-state index contributed by atoms with van der Waals surface area (Å²) in [5.41, 5.74) is 8.84. The standard InChI is InChI=1S/C15H22N2O2/c1-3-12-6-4-5-11(2)14(12)17-10-8-13(7-9-16)19-15(17)18/h4-6,13H,3,7-10,16H2,1-2H3. The second kappa shape index (κ2) is 6.06. The number of nitrogens with two attached hydrogens (primary N) is 1. The van der Waals surface area contributed by atoms with Gasteiger partial charge in [0, 0.05) is 13.0 Å². The van der Waals surface area contributed by atoms with E-state index in [2.05, 4.69) is 13.0 Å². The third-order valence-corrected chi connectivity index (χ3v) is 3.62. The maximum Gasteiger partial charge on any atom is 0.414 e. The zero-order valence-electron chi connectivity index (χ0n) is 11.7. The van der Waals surface area contributed by atoms with Crippen molar-refractivity contribution in [2.24, 2.45) is 5.73 Å². The first-order chi connectivity index (χ1) is 9.17. The van der Waals surface area contributed by atoms with Crippen molar-refractivity contribution in [3.63, 3.8) is 0 Å². The number of carbonyl (C=O) groups excluding carboxylic acids is 1. The van der Waals surface area contributed by atoms with Crippen LogP contribution < -0.4 is 10.6 Å². The fourth-order valence-corrected chi connectivity index (χ4v) is 2.61. The lowest BCUT2D eigenvalue weighted by molar-refractivity contribution is 0.0806. The van der Waals surface area contributed by atoms with Crippen LogP contribution in [0.25, 0.3) is 0 Å². The van der Waals surface area contributed by atoms with Crippen molar-refractivity contribution in [3.05, 3.63) is 29.3 Å². The van der Waals surface area contributed by atoms with Crippen LogP contribution in [0.5, 0.6) is 0 Å². The van der Waals surface area contributed by atoms with Gasteiger partial charge in [0.05, 0.1) is 5.69 Å². The van der Waals surface area contributed by atoms with Crippen LogP contribution in [0.4, 0.5) is 10.5 Å². The number of hydrogen-bond donors (Lipinski definition) is 1. The van der Waals surface area contributed by atoms with Gasteiger partial charge in [-0.2, -0.15) is 0 Å². The van der Waals surface area contributed by atoms with Crippen molar-refractivity contribution in [1.82, 2.24) is 0 Å². The Bertz CT molecular complexity index is 459. The highest BCUT2D eigenvalue weighted by atomic mass is 16.6. The number of aryl methyl sites for hydroxylation is 2. The van der Waals surface area contributed by atoms with Gasteiger partial charge in [-0.15, -0.1) is 0 Å². The number of cyclic esters (lactones) is 1. The van der Waals surface area contributed by atoms with Crippen LogP contribution in [0.3, 0.4) is 0 Å². The number of amides is 1. The molecule has 1 aromatic carbocycles. The minimum absolute atomic E-state index is 0.0251. The molecule has 1 aliphatic heterocycles. The molecule has 1 heterocycles. The molecular formula is C15H22N2O2. The lowest BCUT2D eigenvalue weighted by Gasteiger charge is -2.33. The molecular weight excluding hydrogens is 240 g/mol. The molecule has 1 aromatic rings. The molecule has 1 unspecified atom stereocenters. The number of hydrogen-bond acceptors (Lipinski definition) is 3. The largest absolute Gasteiger partial charge is 0.446 e. The zero-order valence-corrected chi connectivity index (χ0v) is 11.7. The molecule has 2 rings (SSSR count). The number of rotatable bonds is 4. The lowest BCUT2D eigenvalue weighted by Crippen LogP contribution is -2.43. The quantitative estimate of drug-likeness (QED) is 0.907. The minimum Gasteiger partial charge on any atom is -0.446 e. The third-order valence-electron chi connectivity index (χ3n) is 3.62. The van der Waals surface area contributed by atoms with Gasteiger partial charge in [0.15, 0.2) is 0 Å². The van der Waals surface area contributed by atoms with Crippen molar-refractivity contribution in [1.29, 1.82) is 0 Å². The van der Waals surface area contributed by atoms with Gasteiger partial charge in [0.25, 0.3) is 0 Å². The summed E-state index contributed by atoms with van der Waals surface area (Å²) in [6.45, 7) is 5.41. The Balaban J connectivity index is 2.22. The smallest absolute Gasteiger partial charge is 0.414 e. The highest BCUT2D eigenvalue weighted by Crippen LogP contribution is 2.29. The summed E-state index contributed by atoms with van der Waals surface area (Å²) < 4.78 is 5.46. The summed E-state index contributed by atoms with van der Waals surface area (Å²) in [7, 11) is 0. The van der Waals surface area contributed by atoms with Gasteiger partial charge >= 0.3 is 6.09 Å². The van der Waals surface area contributed by atoms with E-state index in [1.165, 1.54) is 5.56 Å². The van der Waals surface area contributed by atoms with E-state index in [4.69, 9.17) is 10.5 Å². The Morgan fingerprint density at radius 2 is 2.26 bits per heavy atom. The van der Waals surface area contributed by atoms with Gasteiger partial charge in [-0.25, -0.2) is 4.79 Å². The lowest BCUT2D eigenvalue weighted by atomic mass is 10.0. The average molecular weight is 262 g/mol. The van der Waals surface area contributed by atoms with E-state index in [-0.39, 0.29) is 12.2 Å². The normalized spacial score (nSPS) is 19.4. The molecule has 104 valence electrons. The van der Waals surface area contributed by atoms with E-state index in [0.29, 0.717) is 13.1 Å². The van der Waals surface area contributed by atoms with E-state index >= 15 is 0 Å². The van der Waals surface area contributed by atoms with Crippen LogP contribution >= 0.6 is 0 Å². The van der Waals surface area contributed by atoms with Crippen molar-refractivity contribution < 1.29 is 9.53 Å². The summed E-state index contributed by atoms with van der Waals surface area (Å²) in [5, 5.41) is 0. The van der Waals surface area contributed by atoms with E-state index in [1.807, 2.05) is 19.1 Å². The first kappa shape index (κ1) is 13.9. The molecule has 0 spiro atoms. The van der Waals surface area contributed by atoms with E-state index in [0.717, 1.165) is 30.5 Å². The van der Waals surface area contributed by atoms with E-state index < -0.39 is 0 Å². The van der Waals surface area contributed by atoms with Crippen LogP contribution in [0.1, 0.15) is 30.9 Å². The molecule has 1 aliphatic rings. The highest BCUT2D eigenvalue weighted by Gasteiger charge is 2.29. The molecule has 0 saturated carbocycles. The van der Waals surface area contributed by atoms with Crippen LogP contribution in [-0.4, -0.2) is 25.3 Å². The SMILES string of the molecule is CCc1cccc(C)c1N1CCC(CCN)OC1=O. The molecule has 2 N–H and O–H groups in total. The molecule has 1 atom stereocenters. The summed E-state index contributed by atoms with van der Waals surface area (Å²) in [6, 6.07) is 6.14. The predicted octanol–water partition coefficient (Wildman–Crippen LogP) is 2.62. The molecule has 1 fully saturated rings. The number of carbonyl (C=O) groups is 1. The van der Waals surface area contributed by atoms with Gasteiger partial charge in [-0.3, -0.25) is 4.90 Å². The monoisotopic (exact) mass is 262 g/mol. The molecule has 0 bridgehead atoms. The second-order valence-corrected chi connectivity index (χ2v) is 4.96. The van der Waals surface area contributed by atoms with Gasteiger partial charge in [0.2, 0.25) is 0 Å². The fraction of sp³-hybridized carbons (Fsp3) is 0.533. The number of ether oxygens (including phenoxy) is 1. The summed E-state index contributed by atoms with van der Waals surface area (Å²) >= 11 is 0. The number of benzene rings is 1. The maximum absolute atomic E-state index is 12.2. The molecule has 4 nitrogen and oxygen atoms in total. The van der Waals surface area contributed by atoms with Crippen molar-refractivity contribution in [3.8, 4) is 0 Å². The first-order valence-corrected chi connectivity index (χ1v) is 6.94. The Hall–Kier alpha value is -1.55. The van der Waals surface area contributed by atoms with Crippen molar-refractivity contribution in [2.45, 2.75) is 39.2 Å². The Morgan fingerprint density at radius 1 is 1.47 bits per heavy atom. The van der Waals surface area contributed by atoms with Crippen LogP contribution in [0.2, 0.25) is 0 Å². The summed E-state index contributed by atoms with van der Waals surface area (Å²) in [5.74, 6) is 0. The van der Waals surface area contributed by atoms with Crippen molar-refractivity contribution >= 4 is 11.8 Å². The first-order valence-electron chi connectivity index (χ1n) is 6.94. The fourth-order valence-electron chi connectivity index (χ4n) is 2.61. The van der Waals surface area contributed by atoms with E-state index in [1.54, 1.807) is 4.90 Å². The summed E-state index contributed by atoms with van der Waals surface area (Å²) in [6.07, 6.45) is 2.23. The number of para-hydroxylation sites is 1. The van der Waals surface area contributed by atoms with E-state index in [9.17, 15) is 4.79 Å². The molecule has 19 heavy (non-hydrogen) atoms. The minimum atomic E-state index is -0.242. The maximum atomic E-state index is 12.2. The molecule has 0 aliphatic carbocycles. The molecule has 1 saturated heterocycles. The predicted molar refractivity (Wildman–Crippen MR) is 76.5 cm³/mol. The number of anilines is 1. The number of nitrogens with zero attached hydrogens (tertiary/aromatic N) is 1. The van der Waals surface area contributed by atoms with Gasteiger partial charge < -0.3 is 10.5 Å². The Labute approximate surface area is 114 Å². The van der Waals surface area contributed by atoms with Crippen LogP contribution in [0.15, 0.2) is 18.2 Å². The van der Waals surface area contributed by atoms with Crippen LogP contribution in [-0.2, 0) is 11.2 Å². The van der Waals surface area contributed by atoms with Gasteiger partial charge in [-0.1, -0.05) is 25.1 Å². The molecule has 0 aromatic heterocycles. The highest BCUT2D eigenvalue weighted by molar-refractivity contribution is 5.90. The average Bonchev–Trinajstić information content (AvgIpc) is 2.40. The topological polar surface area (TPSA) is 55.6 Å². The van der Waals surface area contributed by atoms with Gasteiger partial charge in [-0.05, 0) is 37.4 Å². The molecule has 0 radical (unpaired) electrons. The van der Waals surface area contributed by atoms with Crippen molar-refractivity contribution in [2.75, 3.05) is 18.0 Å². The molecule has 1 amide bonds. The van der Waals surface area contributed by atoms with Gasteiger partial charge in [0.1, 0.15) is 6.10 Å². The van der Waals surface area contributed by atoms with Crippen LogP contribution in [0, 0.1) is 6.92 Å². The Kier molecular flexibility index (Phi) is 4.43. The second-order valence-electron chi connectivity index (χ2n) is 4.96. The summed E-state index contributed by atoms with van der Waals surface area (Å²) in [4.78, 5) is 13.9. The zero-order chi connectivity index (χ0) is 13.8.